The summed E-state index contributed by atoms with van der Waals surface area (Å²) < 4.78 is 6.31. The van der Waals surface area contributed by atoms with E-state index in [2.05, 4.69) is 51.6 Å². The predicted molar refractivity (Wildman–Crippen MR) is 86.1 cm³/mol. The van der Waals surface area contributed by atoms with E-state index >= 15 is 0 Å². The van der Waals surface area contributed by atoms with Gasteiger partial charge in [-0.05, 0) is 54.7 Å². The van der Waals surface area contributed by atoms with E-state index in [9.17, 15) is 0 Å². The van der Waals surface area contributed by atoms with E-state index in [1.165, 1.54) is 24.8 Å². The zero-order chi connectivity index (χ0) is 14.5. The summed E-state index contributed by atoms with van der Waals surface area (Å²) in [7, 11) is 0. The van der Waals surface area contributed by atoms with Gasteiger partial charge < -0.3 is 4.74 Å². The summed E-state index contributed by atoms with van der Waals surface area (Å²) in [6, 6.07) is 8.51. The lowest BCUT2D eigenvalue weighted by atomic mass is 9.75. The highest BCUT2D eigenvalue weighted by Crippen LogP contribution is 2.35. The number of hydrogen-bond donors (Lipinski definition) is 0. The Balaban J connectivity index is 2.03. The number of allylic oxidation sites excluding steroid dienone is 1. The number of hydrogen-bond acceptors (Lipinski definition) is 1. The molecule has 1 nitrogen and oxygen atoms in total. The molecule has 0 saturated heterocycles. The minimum absolute atomic E-state index is 0.379. The molecular weight excluding hydrogens is 244 g/mol. The second-order valence-electron chi connectivity index (χ2n) is 6.62. The third-order valence-electron chi connectivity index (χ3n) is 4.55. The molecule has 1 heteroatoms. The Labute approximate surface area is 124 Å². The van der Waals surface area contributed by atoms with Crippen LogP contribution in [0.1, 0.15) is 45.6 Å². The van der Waals surface area contributed by atoms with Crippen LogP contribution in [0.2, 0.25) is 0 Å². The van der Waals surface area contributed by atoms with Gasteiger partial charge in [-0.1, -0.05) is 45.4 Å². The van der Waals surface area contributed by atoms with Gasteiger partial charge in [0.1, 0.15) is 11.9 Å². The molecule has 1 fully saturated rings. The zero-order valence-corrected chi connectivity index (χ0v) is 13.1. The first kappa shape index (κ1) is 15.2. The molecule has 0 bridgehead atoms. The van der Waals surface area contributed by atoms with Crippen molar-refractivity contribution in [2.75, 3.05) is 0 Å². The highest BCUT2D eigenvalue weighted by Gasteiger charge is 2.32. The maximum atomic E-state index is 6.31. The summed E-state index contributed by atoms with van der Waals surface area (Å²) in [5, 5.41) is 0. The molecule has 1 aliphatic carbocycles. The molecule has 1 aromatic rings. The Kier molecular flexibility index (Phi) is 5.28. The number of rotatable bonds is 5. The van der Waals surface area contributed by atoms with E-state index in [1.54, 1.807) is 0 Å². The Morgan fingerprint density at radius 1 is 1.25 bits per heavy atom. The van der Waals surface area contributed by atoms with Crippen LogP contribution in [0.3, 0.4) is 0 Å². The molecule has 2 rings (SSSR count). The molecule has 0 aromatic heterocycles. The Morgan fingerprint density at radius 2 is 1.95 bits per heavy atom. The number of benzene rings is 1. The van der Waals surface area contributed by atoms with E-state index in [-0.39, 0.29) is 0 Å². The maximum Gasteiger partial charge on any atom is 0.119 e. The molecule has 0 N–H and O–H groups in total. The Morgan fingerprint density at radius 3 is 2.55 bits per heavy atom. The first-order chi connectivity index (χ1) is 9.60. The van der Waals surface area contributed by atoms with Gasteiger partial charge >= 0.3 is 0 Å². The van der Waals surface area contributed by atoms with Crippen molar-refractivity contribution in [3.8, 4) is 5.75 Å². The van der Waals surface area contributed by atoms with Gasteiger partial charge in [0, 0.05) is 0 Å². The van der Waals surface area contributed by atoms with Crippen LogP contribution in [0, 0.1) is 17.8 Å². The minimum atomic E-state index is 0.379. The highest BCUT2D eigenvalue weighted by atomic mass is 16.5. The Hall–Kier alpha value is -1.24. The van der Waals surface area contributed by atoms with Crippen molar-refractivity contribution in [3.63, 3.8) is 0 Å². The van der Waals surface area contributed by atoms with E-state index < -0.39 is 0 Å². The number of ether oxygens (including phenoxy) is 1. The molecular formula is C19H28O. The van der Waals surface area contributed by atoms with E-state index in [4.69, 9.17) is 4.74 Å². The van der Waals surface area contributed by atoms with E-state index in [1.807, 2.05) is 6.08 Å². The normalized spacial score (nSPS) is 26.5. The minimum Gasteiger partial charge on any atom is -0.490 e. The monoisotopic (exact) mass is 272 g/mol. The fourth-order valence-corrected chi connectivity index (χ4v) is 3.30. The standard InChI is InChI=1S/C19H28O/c1-5-6-16-8-10-17(11-9-16)20-19-13-15(4)7-12-18(19)14(2)3/h5,8-11,14-15,18-19H,1,6-7,12-13H2,2-4H3/t15-,18-,19+/m1/s1. The fourth-order valence-electron chi connectivity index (χ4n) is 3.30. The van der Waals surface area contributed by atoms with Crippen molar-refractivity contribution in [2.45, 2.75) is 52.6 Å². The summed E-state index contributed by atoms with van der Waals surface area (Å²) >= 11 is 0. The SMILES string of the molecule is C=CCc1ccc(O[C@H]2C[C@H](C)CC[C@@H]2C(C)C)cc1. The first-order valence-corrected chi connectivity index (χ1v) is 7.96. The molecule has 20 heavy (non-hydrogen) atoms. The van der Waals surface area contributed by atoms with Gasteiger partial charge in [0.2, 0.25) is 0 Å². The van der Waals surface area contributed by atoms with Gasteiger partial charge in [0.25, 0.3) is 0 Å². The van der Waals surface area contributed by atoms with E-state index in [0.29, 0.717) is 17.9 Å². The predicted octanol–water partition coefficient (Wildman–Crippen LogP) is 5.25. The molecule has 0 radical (unpaired) electrons. The van der Waals surface area contributed by atoms with Crippen molar-refractivity contribution in [1.82, 2.24) is 0 Å². The van der Waals surface area contributed by atoms with Crippen LogP contribution in [-0.2, 0) is 6.42 Å². The molecule has 110 valence electrons. The summed E-state index contributed by atoms with van der Waals surface area (Å²) in [5.41, 5.74) is 1.30. The summed E-state index contributed by atoms with van der Waals surface area (Å²) in [4.78, 5) is 0. The van der Waals surface area contributed by atoms with Crippen molar-refractivity contribution in [3.05, 3.63) is 42.5 Å². The average Bonchev–Trinajstić information content (AvgIpc) is 2.41. The van der Waals surface area contributed by atoms with Gasteiger partial charge in [0.15, 0.2) is 0 Å². The lowest BCUT2D eigenvalue weighted by Crippen LogP contribution is -2.36. The van der Waals surface area contributed by atoms with Crippen molar-refractivity contribution < 1.29 is 4.74 Å². The van der Waals surface area contributed by atoms with E-state index in [0.717, 1.165) is 18.1 Å². The first-order valence-electron chi connectivity index (χ1n) is 7.96. The maximum absolute atomic E-state index is 6.31. The third-order valence-corrected chi connectivity index (χ3v) is 4.55. The van der Waals surface area contributed by atoms with Gasteiger partial charge in [0.05, 0.1) is 0 Å². The molecule has 3 atom stereocenters. The van der Waals surface area contributed by atoms with Crippen LogP contribution in [0.25, 0.3) is 0 Å². The molecule has 1 saturated carbocycles. The Bertz CT molecular complexity index is 418. The fraction of sp³-hybridized carbons (Fsp3) is 0.579. The second-order valence-corrected chi connectivity index (χ2v) is 6.62. The molecule has 0 amide bonds. The quantitative estimate of drug-likeness (QED) is 0.665. The van der Waals surface area contributed by atoms with Gasteiger partial charge in [-0.25, -0.2) is 0 Å². The summed E-state index contributed by atoms with van der Waals surface area (Å²) in [6.45, 7) is 10.8. The molecule has 0 heterocycles. The van der Waals surface area contributed by atoms with Crippen molar-refractivity contribution in [1.29, 1.82) is 0 Å². The topological polar surface area (TPSA) is 9.23 Å². The highest BCUT2D eigenvalue weighted by molar-refractivity contribution is 5.28. The van der Waals surface area contributed by atoms with Gasteiger partial charge in [-0.2, -0.15) is 0 Å². The zero-order valence-electron chi connectivity index (χ0n) is 13.1. The smallest absolute Gasteiger partial charge is 0.119 e. The molecule has 0 aliphatic heterocycles. The summed E-state index contributed by atoms with van der Waals surface area (Å²) in [5.74, 6) is 3.20. The largest absolute Gasteiger partial charge is 0.490 e. The lowest BCUT2D eigenvalue weighted by molar-refractivity contribution is 0.0460. The molecule has 0 spiro atoms. The van der Waals surface area contributed by atoms with Crippen LogP contribution in [0.5, 0.6) is 5.75 Å². The van der Waals surface area contributed by atoms with Crippen LogP contribution in [0.4, 0.5) is 0 Å². The second kappa shape index (κ2) is 6.97. The van der Waals surface area contributed by atoms with Gasteiger partial charge in [-0.15, -0.1) is 6.58 Å². The van der Waals surface area contributed by atoms with Crippen molar-refractivity contribution in [2.24, 2.45) is 17.8 Å². The third kappa shape index (κ3) is 3.88. The van der Waals surface area contributed by atoms with Crippen LogP contribution in [0.15, 0.2) is 36.9 Å². The summed E-state index contributed by atoms with van der Waals surface area (Å²) in [6.07, 6.45) is 7.09. The van der Waals surface area contributed by atoms with Crippen LogP contribution < -0.4 is 4.74 Å². The van der Waals surface area contributed by atoms with Crippen molar-refractivity contribution >= 4 is 0 Å². The van der Waals surface area contributed by atoms with Gasteiger partial charge in [-0.3, -0.25) is 0 Å². The average molecular weight is 272 g/mol. The molecule has 1 aliphatic rings. The van der Waals surface area contributed by atoms with Crippen LogP contribution in [-0.4, -0.2) is 6.10 Å². The lowest BCUT2D eigenvalue weighted by Gasteiger charge is -2.37. The molecule has 1 aromatic carbocycles. The van der Waals surface area contributed by atoms with Crippen LogP contribution >= 0.6 is 0 Å². The molecule has 0 unspecified atom stereocenters.